The molecular weight excluding hydrogens is 288 g/mol. The summed E-state index contributed by atoms with van der Waals surface area (Å²) in [6, 6.07) is 1.36. The van der Waals surface area contributed by atoms with E-state index in [-0.39, 0.29) is 11.5 Å². The van der Waals surface area contributed by atoms with Crippen molar-refractivity contribution in [1.82, 2.24) is 0 Å². The van der Waals surface area contributed by atoms with Gasteiger partial charge >= 0.3 is 6.16 Å². The summed E-state index contributed by atoms with van der Waals surface area (Å²) in [7, 11) is 0. The smallest absolute Gasteiger partial charge is 0.504 e. The lowest BCUT2D eigenvalue weighted by molar-refractivity contribution is 0.142. The predicted octanol–water partition coefficient (Wildman–Crippen LogP) is 3.98. The summed E-state index contributed by atoms with van der Waals surface area (Å²) >= 11 is 0. The first-order chi connectivity index (χ1) is 10.5. The molecule has 6 nitrogen and oxygen atoms in total. The van der Waals surface area contributed by atoms with Crippen LogP contribution in [-0.4, -0.2) is 29.6 Å². The summed E-state index contributed by atoms with van der Waals surface area (Å²) in [4.78, 5) is 10.8. The molecule has 22 heavy (non-hydrogen) atoms. The largest absolute Gasteiger partial charge is 0.511 e. The van der Waals surface area contributed by atoms with Crippen LogP contribution in [-0.2, 0) is 6.42 Å². The molecule has 0 unspecified atom stereocenters. The molecule has 124 valence electrons. The van der Waals surface area contributed by atoms with Gasteiger partial charge in [0.1, 0.15) is 0 Å². The molecular formula is C16H24O6. The van der Waals surface area contributed by atoms with E-state index in [1.54, 1.807) is 0 Å². The van der Waals surface area contributed by atoms with E-state index >= 15 is 0 Å². The quantitative estimate of drug-likeness (QED) is 0.530. The molecule has 0 aliphatic carbocycles. The standard InChI is InChI=1S/C16H24O6/c1-4-7-11-14(17)12(22-16(18)19)10-13(20-8-5-2)15(11)21-9-6-3/h10,17H,4-9H2,1-3H3,(H,18,19). The van der Waals surface area contributed by atoms with Crippen molar-refractivity contribution in [1.29, 1.82) is 0 Å². The Hall–Kier alpha value is -2.11. The molecule has 0 bridgehead atoms. The van der Waals surface area contributed by atoms with Crippen molar-refractivity contribution in [2.24, 2.45) is 0 Å². The molecule has 0 aromatic heterocycles. The number of phenolic OH excluding ortho intramolecular Hbond substituents is 1. The summed E-state index contributed by atoms with van der Waals surface area (Å²) in [5.74, 6) is 0.519. The highest BCUT2D eigenvalue weighted by Crippen LogP contribution is 2.45. The van der Waals surface area contributed by atoms with Crippen LogP contribution in [0.3, 0.4) is 0 Å². The van der Waals surface area contributed by atoms with Crippen LogP contribution in [0.5, 0.6) is 23.0 Å². The minimum absolute atomic E-state index is 0.133. The van der Waals surface area contributed by atoms with E-state index in [1.807, 2.05) is 20.8 Å². The molecule has 0 heterocycles. The summed E-state index contributed by atoms with van der Waals surface area (Å²) in [5.41, 5.74) is 0.515. The van der Waals surface area contributed by atoms with Gasteiger partial charge in [-0.1, -0.05) is 27.2 Å². The SMILES string of the molecule is CCCOc1cc(OC(=O)O)c(O)c(CCC)c1OCCC. The fourth-order valence-electron chi connectivity index (χ4n) is 1.99. The Labute approximate surface area is 130 Å². The van der Waals surface area contributed by atoms with E-state index < -0.39 is 6.16 Å². The van der Waals surface area contributed by atoms with Crippen molar-refractivity contribution in [2.45, 2.75) is 46.5 Å². The lowest BCUT2D eigenvalue weighted by atomic mass is 10.1. The fourth-order valence-corrected chi connectivity index (χ4v) is 1.99. The Morgan fingerprint density at radius 1 is 1.05 bits per heavy atom. The van der Waals surface area contributed by atoms with Gasteiger partial charge in [0.25, 0.3) is 0 Å². The number of ether oxygens (including phenoxy) is 3. The Kier molecular flexibility index (Phi) is 7.36. The number of rotatable bonds is 9. The highest BCUT2D eigenvalue weighted by atomic mass is 16.7. The second-order valence-corrected chi connectivity index (χ2v) is 4.84. The summed E-state index contributed by atoms with van der Waals surface area (Å²) < 4.78 is 16.0. The van der Waals surface area contributed by atoms with Gasteiger partial charge < -0.3 is 24.4 Å². The maximum Gasteiger partial charge on any atom is 0.511 e. The van der Waals surface area contributed by atoms with Crippen LogP contribution in [0.2, 0.25) is 0 Å². The van der Waals surface area contributed by atoms with Crippen LogP contribution >= 0.6 is 0 Å². The number of hydrogen-bond acceptors (Lipinski definition) is 5. The van der Waals surface area contributed by atoms with Crippen molar-refractivity contribution in [3.63, 3.8) is 0 Å². The van der Waals surface area contributed by atoms with Gasteiger partial charge in [-0.25, -0.2) is 4.79 Å². The van der Waals surface area contributed by atoms with Crippen LogP contribution in [0, 0.1) is 0 Å². The molecule has 0 amide bonds. The van der Waals surface area contributed by atoms with Crippen molar-refractivity contribution < 1.29 is 29.2 Å². The number of benzene rings is 1. The van der Waals surface area contributed by atoms with E-state index in [0.717, 1.165) is 19.3 Å². The molecule has 0 fully saturated rings. The first-order valence-corrected chi connectivity index (χ1v) is 7.60. The molecule has 0 aliphatic heterocycles. The number of phenols is 1. The van der Waals surface area contributed by atoms with Crippen LogP contribution in [0.25, 0.3) is 0 Å². The number of carboxylic acid groups (broad SMARTS) is 1. The maximum atomic E-state index is 10.8. The van der Waals surface area contributed by atoms with Crippen molar-refractivity contribution in [3.05, 3.63) is 11.6 Å². The third-order valence-corrected chi connectivity index (χ3v) is 2.89. The van der Waals surface area contributed by atoms with Gasteiger partial charge in [-0.2, -0.15) is 0 Å². The molecule has 0 spiro atoms. The summed E-state index contributed by atoms with van der Waals surface area (Å²) in [5, 5.41) is 19.1. The normalized spacial score (nSPS) is 10.3. The molecule has 0 atom stereocenters. The van der Waals surface area contributed by atoms with Gasteiger partial charge in [0.15, 0.2) is 23.0 Å². The van der Waals surface area contributed by atoms with Gasteiger partial charge in [0.2, 0.25) is 0 Å². The number of carbonyl (C=O) groups is 1. The predicted molar refractivity (Wildman–Crippen MR) is 82.3 cm³/mol. The van der Waals surface area contributed by atoms with Gasteiger partial charge in [-0.05, 0) is 19.3 Å². The lowest BCUT2D eigenvalue weighted by Gasteiger charge is -2.19. The average Bonchev–Trinajstić information content (AvgIpc) is 2.48. The van der Waals surface area contributed by atoms with Crippen molar-refractivity contribution in [3.8, 4) is 23.0 Å². The van der Waals surface area contributed by atoms with Crippen LogP contribution in [0.1, 0.15) is 45.6 Å². The molecule has 0 saturated heterocycles. The molecule has 1 aromatic rings. The average molecular weight is 312 g/mol. The van der Waals surface area contributed by atoms with E-state index in [0.29, 0.717) is 36.7 Å². The maximum absolute atomic E-state index is 10.8. The zero-order valence-electron chi connectivity index (χ0n) is 13.3. The minimum Gasteiger partial charge on any atom is -0.504 e. The van der Waals surface area contributed by atoms with Crippen molar-refractivity contribution in [2.75, 3.05) is 13.2 Å². The topological polar surface area (TPSA) is 85.2 Å². The Bertz CT molecular complexity index is 498. The van der Waals surface area contributed by atoms with Gasteiger partial charge in [-0.3, -0.25) is 0 Å². The minimum atomic E-state index is -1.48. The summed E-state index contributed by atoms with van der Waals surface area (Å²) in [6.45, 7) is 6.85. The Morgan fingerprint density at radius 2 is 1.68 bits per heavy atom. The number of aromatic hydroxyl groups is 1. The van der Waals surface area contributed by atoms with Gasteiger partial charge in [0.05, 0.1) is 13.2 Å². The molecule has 1 rings (SSSR count). The zero-order valence-corrected chi connectivity index (χ0v) is 13.3. The van der Waals surface area contributed by atoms with Crippen molar-refractivity contribution >= 4 is 6.16 Å². The van der Waals surface area contributed by atoms with E-state index in [1.165, 1.54) is 6.07 Å². The number of hydrogen-bond donors (Lipinski definition) is 2. The van der Waals surface area contributed by atoms with E-state index in [9.17, 15) is 9.90 Å². The molecule has 0 aliphatic rings. The van der Waals surface area contributed by atoms with Crippen LogP contribution in [0.15, 0.2) is 6.07 Å². The first kappa shape index (κ1) is 17.9. The second-order valence-electron chi connectivity index (χ2n) is 4.84. The summed E-state index contributed by atoms with van der Waals surface area (Å²) in [6.07, 6.45) is 1.42. The molecule has 6 heteroatoms. The van der Waals surface area contributed by atoms with Gasteiger partial charge in [0, 0.05) is 11.6 Å². The third kappa shape index (κ3) is 4.72. The Balaban J connectivity index is 3.33. The van der Waals surface area contributed by atoms with E-state index in [4.69, 9.17) is 14.6 Å². The fraction of sp³-hybridized carbons (Fsp3) is 0.562. The molecule has 0 saturated carbocycles. The molecule has 0 radical (unpaired) electrons. The van der Waals surface area contributed by atoms with Crippen LogP contribution < -0.4 is 14.2 Å². The Morgan fingerprint density at radius 3 is 2.23 bits per heavy atom. The van der Waals surface area contributed by atoms with E-state index in [2.05, 4.69) is 4.74 Å². The second kappa shape index (κ2) is 9.02. The highest BCUT2D eigenvalue weighted by molar-refractivity contribution is 5.67. The zero-order chi connectivity index (χ0) is 16.5. The first-order valence-electron chi connectivity index (χ1n) is 7.60. The molecule has 1 aromatic carbocycles. The van der Waals surface area contributed by atoms with Gasteiger partial charge in [-0.15, -0.1) is 0 Å². The monoisotopic (exact) mass is 312 g/mol. The third-order valence-electron chi connectivity index (χ3n) is 2.89. The lowest BCUT2D eigenvalue weighted by Crippen LogP contribution is -2.08. The highest BCUT2D eigenvalue weighted by Gasteiger charge is 2.22. The molecule has 2 N–H and O–H groups in total. The van der Waals surface area contributed by atoms with Crippen LogP contribution in [0.4, 0.5) is 4.79 Å².